The molecule has 0 aliphatic rings. The number of carbonyl (C=O) groups excluding carboxylic acids is 2. The molecule has 11 heteroatoms. The second kappa shape index (κ2) is 10.4. The predicted octanol–water partition coefficient (Wildman–Crippen LogP) is 2.74. The summed E-state index contributed by atoms with van der Waals surface area (Å²) in [5.74, 6) is -1.48. The van der Waals surface area contributed by atoms with Crippen LogP contribution in [0, 0.1) is 5.92 Å². The number of hydrogen-bond donors (Lipinski definition) is 3. The van der Waals surface area contributed by atoms with Crippen LogP contribution in [0.5, 0.6) is 5.75 Å². The average Bonchev–Trinajstić information content (AvgIpc) is 2.50. The van der Waals surface area contributed by atoms with Gasteiger partial charge in [-0.15, -0.1) is 12.4 Å². The first-order valence-electron chi connectivity index (χ1n) is 7.32. The van der Waals surface area contributed by atoms with Crippen LogP contribution in [0.25, 0.3) is 0 Å². The number of halogens is 5. The summed E-state index contributed by atoms with van der Waals surface area (Å²) in [4.78, 5) is 23.6. The molecule has 1 aromatic carbocycles. The number of benzene rings is 1. The number of nitrogens with one attached hydrogen (secondary N) is 2. The summed E-state index contributed by atoms with van der Waals surface area (Å²) in [7, 11) is 0. The molecule has 0 unspecified atom stereocenters. The Hall–Kier alpha value is -1.71. The maximum atomic E-state index is 12.3. The largest absolute Gasteiger partial charge is 0.482 e. The van der Waals surface area contributed by atoms with Crippen LogP contribution in [0.4, 0.5) is 18.9 Å². The average molecular weight is 418 g/mol. The summed E-state index contributed by atoms with van der Waals surface area (Å²) in [5, 5.41) is 4.88. The first kappa shape index (κ1) is 24.3. The SMILES string of the molecule is CC(C)[C@H](N)C(=O)NCC(=O)Nc1cc(Cl)ccc1OCC(F)(F)F.Cl. The van der Waals surface area contributed by atoms with E-state index in [1.54, 1.807) is 13.8 Å². The second-order valence-corrected chi connectivity index (χ2v) is 6.02. The summed E-state index contributed by atoms with van der Waals surface area (Å²) >= 11 is 5.78. The molecule has 0 bridgehead atoms. The number of anilines is 1. The minimum Gasteiger partial charge on any atom is -0.482 e. The van der Waals surface area contributed by atoms with E-state index in [-0.39, 0.29) is 34.8 Å². The van der Waals surface area contributed by atoms with Crippen LogP contribution in [0.2, 0.25) is 5.02 Å². The smallest absolute Gasteiger partial charge is 0.422 e. The third-order valence-corrected chi connectivity index (χ3v) is 3.29. The lowest BCUT2D eigenvalue weighted by molar-refractivity contribution is -0.153. The molecule has 1 rings (SSSR count). The summed E-state index contributed by atoms with van der Waals surface area (Å²) in [6.07, 6.45) is -4.53. The molecule has 4 N–H and O–H groups in total. The summed E-state index contributed by atoms with van der Waals surface area (Å²) < 4.78 is 41.4. The van der Waals surface area contributed by atoms with Gasteiger partial charge in [-0.2, -0.15) is 13.2 Å². The normalized spacial score (nSPS) is 12.2. The Kier molecular flexibility index (Phi) is 9.75. The molecule has 1 aromatic rings. The molecule has 0 saturated carbocycles. The van der Waals surface area contributed by atoms with Gasteiger partial charge in [0.25, 0.3) is 0 Å². The Morgan fingerprint density at radius 3 is 2.46 bits per heavy atom. The van der Waals surface area contributed by atoms with Crippen molar-refractivity contribution < 1.29 is 27.5 Å². The van der Waals surface area contributed by atoms with Crippen LogP contribution in [-0.4, -0.2) is 37.2 Å². The zero-order valence-corrected chi connectivity index (χ0v) is 15.6. The van der Waals surface area contributed by atoms with Gasteiger partial charge in [-0.05, 0) is 24.1 Å². The molecule has 2 amide bonds. The highest BCUT2D eigenvalue weighted by molar-refractivity contribution is 6.31. The monoisotopic (exact) mass is 417 g/mol. The molecule has 0 heterocycles. The summed E-state index contributed by atoms with van der Waals surface area (Å²) in [6, 6.07) is 3.00. The Bertz CT molecular complexity index is 628. The molecule has 0 aliphatic carbocycles. The number of nitrogens with two attached hydrogens (primary N) is 1. The standard InChI is InChI=1S/C15H19ClF3N3O3.ClH/c1-8(2)13(20)14(24)21-6-12(23)22-10-5-9(16)3-4-11(10)25-7-15(17,18)19;/h3-5,8,13H,6-7,20H2,1-2H3,(H,21,24)(H,22,23);1H/t13-;/m0./s1. The molecule has 0 spiro atoms. The molecule has 0 aromatic heterocycles. The summed E-state index contributed by atoms with van der Waals surface area (Å²) in [6.45, 7) is 1.59. The van der Waals surface area contributed by atoms with Crippen LogP contribution in [0.15, 0.2) is 18.2 Å². The van der Waals surface area contributed by atoms with Crippen molar-refractivity contribution >= 4 is 41.5 Å². The first-order valence-corrected chi connectivity index (χ1v) is 7.69. The van der Waals surface area contributed by atoms with E-state index in [9.17, 15) is 22.8 Å². The van der Waals surface area contributed by atoms with E-state index < -0.39 is 37.2 Å². The minimum atomic E-state index is -4.53. The van der Waals surface area contributed by atoms with Gasteiger partial charge in [0.05, 0.1) is 18.3 Å². The molecule has 0 aliphatic heterocycles. The van der Waals surface area contributed by atoms with Crippen molar-refractivity contribution in [2.75, 3.05) is 18.5 Å². The van der Waals surface area contributed by atoms with Crippen molar-refractivity contribution in [1.82, 2.24) is 5.32 Å². The van der Waals surface area contributed by atoms with E-state index in [0.717, 1.165) is 0 Å². The van der Waals surface area contributed by atoms with Crippen molar-refractivity contribution in [3.63, 3.8) is 0 Å². The zero-order chi connectivity index (χ0) is 19.2. The van der Waals surface area contributed by atoms with Crippen molar-refractivity contribution in [2.45, 2.75) is 26.1 Å². The maximum Gasteiger partial charge on any atom is 0.422 e. The van der Waals surface area contributed by atoms with Crippen molar-refractivity contribution in [3.8, 4) is 5.75 Å². The molecule has 0 radical (unpaired) electrons. The molecule has 0 fully saturated rings. The minimum absolute atomic E-state index is 0. The molecule has 26 heavy (non-hydrogen) atoms. The van der Waals surface area contributed by atoms with Crippen molar-refractivity contribution in [1.29, 1.82) is 0 Å². The molecular weight excluding hydrogens is 398 g/mol. The zero-order valence-electron chi connectivity index (χ0n) is 14.0. The van der Waals surface area contributed by atoms with Gasteiger partial charge in [0, 0.05) is 5.02 Å². The fraction of sp³-hybridized carbons (Fsp3) is 0.467. The lowest BCUT2D eigenvalue weighted by Gasteiger charge is -2.16. The van der Waals surface area contributed by atoms with Gasteiger partial charge >= 0.3 is 6.18 Å². The van der Waals surface area contributed by atoms with Gasteiger partial charge in [0.1, 0.15) is 5.75 Å². The third-order valence-electron chi connectivity index (χ3n) is 3.05. The van der Waals surface area contributed by atoms with Gasteiger partial charge in [-0.25, -0.2) is 0 Å². The van der Waals surface area contributed by atoms with Crippen molar-refractivity contribution in [2.24, 2.45) is 11.7 Å². The number of ether oxygens (including phenoxy) is 1. The highest BCUT2D eigenvalue weighted by Gasteiger charge is 2.29. The van der Waals surface area contributed by atoms with Crippen LogP contribution in [-0.2, 0) is 9.59 Å². The molecular formula is C15H20Cl2F3N3O3. The number of hydrogen-bond acceptors (Lipinski definition) is 4. The number of rotatable bonds is 7. The quantitative estimate of drug-likeness (QED) is 0.635. The lowest BCUT2D eigenvalue weighted by Crippen LogP contribution is -2.46. The molecule has 1 atom stereocenters. The maximum absolute atomic E-state index is 12.3. The van der Waals surface area contributed by atoms with E-state index in [4.69, 9.17) is 17.3 Å². The molecule has 148 valence electrons. The first-order chi connectivity index (χ1) is 11.5. The third kappa shape index (κ3) is 8.59. The Labute approximate surface area is 160 Å². The number of carbonyl (C=O) groups is 2. The van der Waals surface area contributed by atoms with E-state index in [1.165, 1.54) is 18.2 Å². The van der Waals surface area contributed by atoms with E-state index in [2.05, 4.69) is 15.4 Å². The second-order valence-electron chi connectivity index (χ2n) is 5.58. The topological polar surface area (TPSA) is 93.5 Å². The van der Waals surface area contributed by atoms with E-state index in [0.29, 0.717) is 0 Å². The van der Waals surface area contributed by atoms with Gasteiger partial charge in [0.2, 0.25) is 11.8 Å². The highest BCUT2D eigenvalue weighted by atomic mass is 35.5. The Morgan fingerprint density at radius 1 is 1.31 bits per heavy atom. The van der Waals surface area contributed by atoms with E-state index in [1.807, 2.05) is 0 Å². The number of alkyl halides is 3. The van der Waals surface area contributed by atoms with Crippen LogP contribution < -0.4 is 21.1 Å². The van der Waals surface area contributed by atoms with Gasteiger partial charge in [-0.1, -0.05) is 25.4 Å². The lowest BCUT2D eigenvalue weighted by atomic mass is 10.1. The summed E-state index contributed by atoms with van der Waals surface area (Å²) in [5.41, 5.74) is 5.60. The van der Waals surface area contributed by atoms with Crippen LogP contribution in [0.3, 0.4) is 0 Å². The molecule has 6 nitrogen and oxygen atoms in total. The number of amides is 2. The Morgan fingerprint density at radius 2 is 1.92 bits per heavy atom. The highest BCUT2D eigenvalue weighted by Crippen LogP contribution is 2.29. The predicted molar refractivity (Wildman–Crippen MR) is 94.7 cm³/mol. The van der Waals surface area contributed by atoms with Gasteiger partial charge < -0.3 is 21.1 Å². The fourth-order valence-electron chi connectivity index (χ4n) is 1.67. The molecule has 0 saturated heterocycles. The van der Waals surface area contributed by atoms with Gasteiger partial charge in [0.15, 0.2) is 6.61 Å². The Balaban J connectivity index is 0.00000625. The fourth-order valence-corrected chi connectivity index (χ4v) is 1.84. The van der Waals surface area contributed by atoms with E-state index >= 15 is 0 Å². The van der Waals surface area contributed by atoms with Gasteiger partial charge in [-0.3, -0.25) is 9.59 Å². The van der Waals surface area contributed by atoms with Crippen LogP contribution in [0.1, 0.15) is 13.8 Å². The van der Waals surface area contributed by atoms with Crippen molar-refractivity contribution in [3.05, 3.63) is 23.2 Å². The van der Waals surface area contributed by atoms with Crippen LogP contribution >= 0.6 is 24.0 Å².